The van der Waals surface area contributed by atoms with E-state index in [0.717, 1.165) is 50.3 Å². The predicted molar refractivity (Wildman–Crippen MR) is 197 cm³/mol. The Bertz CT molecular complexity index is 2230. The number of pyridine rings is 1. The molecule has 5 aromatic carbocycles. The van der Waals surface area contributed by atoms with Gasteiger partial charge in [0.1, 0.15) is 0 Å². The molecule has 0 aliphatic carbocycles. The van der Waals surface area contributed by atoms with Gasteiger partial charge in [-0.15, -0.1) is 0 Å². The summed E-state index contributed by atoms with van der Waals surface area (Å²) in [5.74, 6) is 0.678. The van der Waals surface area contributed by atoms with E-state index >= 15 is 0 Å². The molecule has 224 valence electrons. The molecule has 0 radical (unpaired) electrons. The Morgan fingerprint density at radius 1 is 0.511 bits per heavy atom. The number of hydrogen-bond donors (Lipinski definition) is 0. The van der Waals surface area contributed by atoms with Gasteiger partial charge in [0.15, 0.2) is 5.82 Å². The highest BCUT2D eigenvalue weighted by Crippen LogP contribution is 2.30. The Morgan fingerprint density at radius 3 is 1.98 bits per heavy atom. The summed E-state index contributed by atoms with van der Waals surface area (Å²) < 4.78 is 0. The minimum Gasteiger partial charge on any atom is -0.264 e. The van der Waals surface area contributed by atoms with Crippen molar-refractivity contribution in [2.24, 2.45) is 0 Å². The van der Waals surface area contributed by atoms with Crippen molar-refractivity contribution in [3.8, 4) is 44.8 Å². The number of rotatable bonds is 8. The molecule has 7 aromatic rings. The average Bonchev–Trinajstić information content (AvgIpc) is 3.15. The van der Waals surface area contributed by atoms with E-state index < -0.39 is 0 Å². The lowest BCUT2D eigenvalue weighted by atomic mass is 10.00. The van der Waals surface area contributed by atoms with Gasteiger partial charge in [0.2, 0.25) is 0 Å². The van der Waals surface area contributed by atoms with Crippen LogP contribution >= 0.6 is 0 Å². The van der Waals surface area contributed by atoms with Crippen molar-refractivity contribution in [2.45, 2.75) is 6.92 Å². The summed E-state index contributed by atoms with van der Waals surface area (Å²) in [6.45, 7) is 2.03. The summed E-state index contributed by atoms with van der Waals surface area (Å²) in [5, 5.41) is 2.47. The van der Waals surface area contributed by atoms with Crippen LogP contribution in [0.15, 0.2) is 176 Å². The smallest absolute Gasteiger partial charge is 0.160 e. The normalized spacial score (nSPS) is 11.9. The zero-order valence-corrected chi connectivity index (χ0v) is 26.2. The molecule has 0 saturated heterocycles. The van der Waals surface area contributed by atoms with Crippen LogP contribution in [0.5, 0.6) is 0 Å². The molecule has 0 saturated carbocycles. The standard InChI is InChI=1S/C44H33N3/c1-2-33(13-7-6-12-32-21-22-35-16-8-9-17-38(35)28-32)44-46-42(37-25-23-36(24-26-37)41-20-11-27-45-31-41)30-43(47-44)40-19-10-18-39(29-40)34-14-4-3-5-15-34/h2-31H,1H3/b12-6+,13-7-,33-2+. The minimum absolute atomic E-state index is 0.678. The Hall–Kier alpha value is -6.19. The van der Waals surface area contributed by atoms with Crippen molar-refractivity contribution in [2.75, 3.05) is 0 Å². The van der Waals surface area contributed by atoms with Crippen molar-refractivity contribution in [3.05, 3.63) is 188 Å². The molecule has 0 unspecified atom stereocenters. The Morgan fingerprint density at radius 2 is 1.19 bits per heavy atom. The van der Waals surface area contributed by atoms with Crippen LogP contribution in [-0.2, 0) is 0 Å². The molecule has 0 aliphatic heterocycles. The van der Waals surface area contributed by atoms with Gasteiger partial charge < -0.3 is 0 Å². The lowest BCUT2D eigenvalue weighted by Crippen LogP contribution is -1.98. The van der Waals surface area contributed by atoms with Crippen LogP contribution in [0.25, 0.3) is 67.2 Å². The fourth-order valence-corrected chi connectivity index (χ4v) is 5.66. The molecule has 0 N–H and O–H groups in total. The highest BCUT2D eigenvalue weighted by Gasteiger charge is 2.12. The summed E-state index contributed by atoms with van der Waals surface area (Å²) in [4.78, 5) is 14.5. The van der Waals surface area contributed by atoms with Gasteiger partial charge in [-0.3, -0.25) is 4.98 Å². The molecular weight excluding hydrogens is 571 g/mol. The fraction of sp³-hybridized carbons (Fsp3) is 0.0227. The van der Waals surface area contributed by atoms with Crippen LogP contribution in [0.2, 0.25) is 0 Å². The van der Waals surface area contributed by atoms with Crippen LogP contribution in [0.1, 0.15) is 18.3 Å². The van der Waals surface area contributed by atoms with E-state index in [4.69, 9.17) is 9.97 Å². The molecule has 0 fully saturated rings. The van der Waals surface area contributed by atoms with E-state index in [1.807, 2.05) is 25.3 Å². The van der Waals surface area contributed by atoms with Crippen molar-refractivity contribution in [1.82, 2.24) is 15.0 Å². The highest BCUT2D eigenvalue weighted by molar-refractivity contribution is 5.85. The van der Waals surface area contributed by atoms with Gasteiger partial charge in [-0.1, -0.05) is 146 Å². The zero-order valence-electron chi connectivity index (χ0n) is 26.2. The van der Waals surface area contributed by atoms with Crippen LogP contribution in [0.3, 0.4) is 0 Å². The lowest BCUT2D eigenvalue weighted by molar-refractivity contribution is 1.13. The summed E-state index contributed by atoms with van der Waals surface area (Å²) in [6.07, 6.45) is 14.1. The number of benzene rings is 5. The van der Waals surface area contributed by atoms with Gasteiger partial charge >= 0.3 is 0 Å². The van der Waals surface area contributed by atoms with Gasteiger partial charge in [0.25, 0.3) is 0 Å². The van der Waals surface area contributed by atoms with Gasteiger partial charge in [-0.2, -0.15) is 0 Å². The molecule has 47 heavy (non-hydrogen) atoms. The molecule has 2 heterocycles. The second-order valence-electron chi connectivity index (χ2n) is 11.3. The summed E-state index contributed by atoms with van der Waals surface area (Å²) in [6, 6.07) is 48.5. The minimum atomic E-state index is 0.678. The van der Waals surface area contributed by atoms with Crippen molar-refractivity contribution >= 4 is 22.4 Å². The first-order chi connectivity index (χ1) is 23.2. The van der Waals surface area contributed by atoms with E-state index in [-0.39, 0.29) is 0 Å². The Labute approximate surface area is 276 Å². The fourth-order valence-electron chi connectivity index (χ4n) is 5.66. The van der Waals surface area contributed by atoms with E-state index in [2.05, 4.69) is 163 Å². The molecule has 3 nitrogen and oxygen atoms in total. The summed E-state index contributed by atoms with van der Waals surface area (Å²) >= 11 is 0. The second kappa shape index (κ2) is 13.8. The molecule has 0 spiro atoms. The summed E-state index contributed by atoms with van der Waals surface area (Å²) in [5.41, 5.74) is 10.4. The quantitative estimate of drug-likeness (QED) is 0.162. The van der Waals surface area contributed by atoms with Crippen LogP contribution in [0, 0.1) is 0 Å². The van der Waals surface area contributed by atoms with Crippen LogP contribution in [-0.4, -0.2) is 15.0 Å². The Kier molecular flexibility index (Phi) is 8.70. The maximum atomic E-state index is 5.11. The summed E-state index contributed by atoms with van der Waals surface area (Å²) in [7, 11) is 0. The second-order valence-corrected chi connectivity index (χ2v) is 11.3. The molecule has 2 aromatic heterocycles. The third-order valence-electron chi connectivity index (χ3n) is 8.19. The van der Waals surface area contributed by atoms with E-state index in [1.165, 1.54) is 16.3 Å². The first-order valence-electron chi connectivity index (χ1n) is 15.8. The third-order valence-corrected chi connectivity index (χ3v) is 8.19. The van der Waals surface area contributed by atoms with Crippen molar-refractivity contribution < 1.29 is 0 Å². The molecule has 0 bridgehead atoms. The molecule has 7 rings (SSSR count). The van der Waals surface area contributed by atoms with Crippen molar-refractivity contribution in [3.63, 3.8) is 0 Å². The molecule has 3 heteroatoms. The van der Waals surface area contributed by atoms with Crippen molar-refractivity contribution in [1.29, 1.82) is 0 Å². The molecule has 0 amide bonds. The van der Waals surface area contributed by atoms with Gasteiger partial charge in [0.05, 0.1) is 11.4 Å². The van der Waals surface area contributed by atoms with Gasteiger partial charge in [0, 0.05) is 29.1 Å². The largest absolute Gasteiger partial charge is 0.264 e. The predicted octanol–water partition coefficient (Wildman–Crippen LogP) is 11.4. The number of allylic oxidation sites excluding steroid dienone is 5. The van der Waals surface area contributed by atoms with Crippen LogP contribution < -0.4 is 0 Å². The molecule has 0 aliphatic rings. The van der Waals surface area contributed by atoms with Crippen LogP contribution in [0.4, 0.5) is 0 Å². The lowest BCUT2D eigenvalue weighted by Gasteiger charge is -2.11. The maximum absolute atomic E-state index is 5.11. The molecule has 0 atom stereocenters. The topological polar surface area (TPSA) is 38.7 Å². The molecular formula is C44H33N3. The van der Waals surface area contributed by atoms with Gasteiger partial charge in [-0.05, 0) is 69.8 Å². The zero-order chi connectivity index (χ0) is 31.8. The first kappa shape index (κ1) is 29.5. The van der Waals surface area contributed by atoms with E-state index in [9.17, 15) is 0 Å². The monoisotopic (exact) mass is 603 g/mol. The first-order valence-corrected chi connectivity index (χ1v) is 15.8. The Balaban J connectivity index is 1.24. The highest BCUT2D eigenvalue weighted by atomic mass is 14.9. The van der Waals surface area contributed by atoms with Gasteiger partial charge in [-0.25, -0.2) is 9.97 Å². The number of aromatic nitrogens is 3. The number of nitrogens with zero attached hydrogens (tertiary/aromatic N) is 3. The number of hydrogen-bond acceptors (Lipinski definition) is 3. The van der Waals surface area contributed by atoms with E-state index in [0.29, 0.717) is 5.82 Å². The SMILES string of the molecule is C\C=C(/C=C\C=C\c1ccc2ccccc2c1)c1nc(-c2ccc(-c3cccnc3)cc2)cc(-c2cccc(-c3ccccc3)c2)n1. The maximum Gasteiger partial charge on any atom is 0.160 e. The number of fused-ring (bicyclic) bond motifs is 1. The third kappa shape index (κ3) is 6.90. The average molecular weight is 604 g/mol. The van der Waals surface area contributed by atoms with E-state index in [1.54, 1.807) is 6.20 Å².